The third kappa shape index (κ3) is 4.06. The van der Waals surface area contributed by atoms with Crippen LogP contribution in [0.2, 0.25) is 0 Å². The van der Waals surface area contributed by atoms with E-state index in [1.54, 1.807) is 6.07 Å². The van der Waals surface area contributed by atoms with Gasteiger partial charge in [-0.1, -0.05) is 103 Å². The molecule has 0 fully saturated rings. The average molecular weight is 583 g/mol. The van der Waals surface area contributed by atoms with Gasteiger partial charge in [0.15, 0.2) is 0 Å². The number of imide groups is 1. The summed E-state index contributed by atoms with van der Waals surface area (Å²) in [7, 11) is 0. The molecule has 0 saturated heterocycles. The number of aromatic nitrogens is 1. The van der Waals surface area contributed by atoms with Crippen LogP contribution in [0.1, 0.15) is 37.4 Å². The van der Waals surface area contributed by atoms with E-state index in [1.165, 1.54) is 27.2 Å². The highest BCUT2D eigenvalue weighted by atomic mass is 16.2. The van der Waals surface area contributed by atoms with Gasteiger partial charge in [-0.3, -0.25) is 9.59 Å². The molecule has 0 unspecified atom stereocenters. The number of benzene rings is 6. The van der Waals surface area contributed by atoms with Gasteiger partial charge in [0, 0.05) is 16.3 Å². The summed E-state index contributed by atoms with van der Waals surface area (Å²) in [6.45, 7) is 6.44. The first kappa shape index (κ1) is 26.9. The van der Waals surface area contributed by atoms with E-state index in [9.17, 15) is 9.59 Å². The van der Waals surface area contributed by atoms with Crippen molar-refractivity contribution in [1.29, 1.82) is 0 Å². The molecule has 6 aromatic carbocycles. The molecule has 0 radical (unpaired) electrons. The quantitative estimate of drug-likeness (QED) is 0.194. The largest absolute Gasteiger partial charge is 0.308 e. The Balaban J connectivity index is 1.34. The minimum atomic E-state index is -0.316. The van der Waals surface area contributed by atoms with Crippen LogP contribution >= 0.6 is 0 Å². The van der Waals surface area contributed by atoms with Crippen LogP contribution in [0.4, 0.5) is 5.69 Å². The van der Waals surface area contributed by atoms with Gasteiger partial charge < -0.3 is 4.57 Å². The van der Waals surface area contributed by atoms with Crippen LogP contribution in [0.3, 0.4) is 0 Å². The van der Waals surface area contributed by atoms with Gasteiger partial charge in [-0.25, -0.2) is 4.90 Å². The molecule has 4 heteroatoms. The van der Waals surface area contributed by atoms with Crippen LogP contribution in [0.25, 0.3) is 49.7 Å². The van der Waals surface area contributed by atoms with E-state index >= 15 is 0 Å². The first-order valence-electron chi connectivity index (χ1n) is 15.2. The molecule has 0 aliphatic carbocycles. The molecule has 4 nitrogen and oxygen atoms in total. The van der Waals surface area contributed by atoms with Crippen LogP contribution in [-0.2, 0) is 0 Å². The zero-order valence-corrected chi connectivity index (χ0v) is 25.3. The van der Waals surface area contributed by atoms with E-state index in [-0.39, 0.29) is 11.8 Å². The summed E-state index contributed by atoms with van der Waals surface area (Å²) in [6.07, 6.45) is 0. The van der Waals surface area contributed by atoms with Crippen molar-refractivity contribution in [2.45, 2.75) is 20.8 Å². The summed E-state index contributed by atoms with van der Waals surface area (Å²) >= 11 is 0. The lowest BCUT2D eigenvalue weighted by molar-refractivity contribution is 0.0926. The van der Waals surface area contributed by atoms with Crippen molar-refractivity contribution in [1.82, 2.24) is 4.57 Å². The predicted molar refractivity (Wildman–Crippen MR) is 183 cm³/mol. The number of para-hydroxylation sites is 2. The van der Waals surface area contributed by atoms with Crippen LogP contribution < -0.4 is 4.90 Å². The Kier molecular flexibility index (Phi) is 6.07. The Morgan fingerprint density at radius 2 is 1.13 bits per heavy atom. The zero-order valence-electron chi connectivity index (χ0n) is 25.3. The molecular weight excluding hydrogens is 552 g/mol. The Morgan fingerprint density at radius 3 is 1.89 bits per heavy atom. The first-order chi connectivity index (χ1) is 21.9. The number of hydrogen-bond acceptors (Lipinski definition) is 2. The van der Waals surface area contributed by atoms with E-state index in [2.05, 4.69) is 67.8 Å². The highest BCUT2D eigenvalue weighted by Gasteiger charge is 2.39. The zero-order chi connectivity index (χ0) is 30.8. The standard InChI is InChI=1S/C41H30N2O2/c1-25-23-26(2)37(27(3)24-25)33-15-9-14-32-31-13-7-8-17-35(31)43(39(32)33)36-18-10-16-34-38(36)41(45)42(40(34)44)30-21-19-29(20-22-30)28-11-5-4-6-12-28/h4-24H,1-3H3. The molecule has 2 amide bonds. The van der Waals surface area contributed by atoms with Gasteiger partial charge in [-0.15, -0.1) is 0 Å². The highest BCUT2D eigenvalue weighted by molar-refractivity contribution is 6.36. The Labute approximate surface area is 261 Å². The van der Waals surface area contributed by atoms with Crippen LogP contribution in [-0.4, -0.2) is 16.4 Å². The monoisotopic (exact) mass is 582 g/mol. The van der Waals surface area contributed by atoms with Crippen molar-refractivity contribution in [3.63, 3.8) is 0 Å². The number of nitrogens with zero attached hydrogens (tertiary/aromatic N) is 2. The summed E-state index contributed by atoms with van der Waals surface area (Å²) in [6, 6.07) is 42.4. The highest BCUT2D eigenvalue weighted by Crippen LogP contribution is 2.42. The molecule has 2 heterocycles. The fourth-order valence-electron chi connectivity index (χ4n) is 7.20. The van der Waals surface area contributed by atoms with Crippen molar-refractivity contribution >= 4 is 39.3 Å². The topological polar surface area (TPSA) is 42.3 Å². The predicted octanol–water partition coefficient (Wildman–Crippen LogP) is 9.84. The molecule has 1 aromatic heterocycles. The van der Waals surface area contributed by atoms with Crippen molar-refractivity contribution in [3.8, 4) is 27.9 Å². The van der Waals surface area contributed by atoms with Gasteiger partial charge in [0.2, 0.25) is 0 Å². The molecule has 0 bridgehead atoms. The van der Waals surface area contributed by atoms with Gasteiger partial charge in [-0.2, -0.15) is 0 Å². The van der Waals surface area contributed by atoms with Crippen molar-refractivity contribution < 1.29 is 9.59 Å². The van der Waals surface area contributed by atoms with Gasteiger partial charge in [-0.05, 0) is 78.9 Å². The summed E-state index contributed by atoms with van der Waals surface area (Å²) in [4.78, 5) is 29.6. The molecular formula is C41H30N2O2. The number of carbonyl (C=O) groups is 2. The third-order valence-electron chi connectivity index (χ3n) is 9.01. The number of rotatable bonds is 4. The van der Waals surface area contributed by atoms with Gasteiger partial charge in [0.05, 0.1) is 33.5 Å². The molecule has 8 rings (SSSR count). The number of anilines is 1. The summed E-state index contributed by atoms with van der Waals surface area (Å²) in [5.41, 5.74) is 12.1. The normalized spacial score (nSPS) is 12.8. The lowest BCUT2D eigenvalue weighted by atomic mass is 9.92. The van der Waals surface area contributed by atoms with Crippen LogP contribution in [0, 0.1) is 20.8 Å². The first-order valence-corrected chi connectivity index (χ1v) is 15.2. The molecule has 0 N–H and O–H groups in total. The van der Waals surface area contributed by atoms with Gasteiger partial charge in [0.25, 0.3) is 11.8 Å². The Bertz CT molecular complexity index is 2310. The van der Waals surface area contributed by atoms with E-state index in [0.717, 1.165) is 38.5 Å². The maximum absolute atomic E-state index is 14.3. The number of carbonyl (C=O) groups excluding carboxylic acids is 2. The van der Waals surface area contributed by atoms with E-state index in [1.807, 2.05) is 78.9 Å². The van der Waals surface area contributed by atoms with E-state index < -0.39 is 0 Å². The number of amides is 2. The SMILES string of the molecule is Cc1cc(C)c(-c2cccc3c4ccccc4n(-c4cccc5c4C(=O)N(c4ccc(-c6ccccc6)cc4)C5=O)c23)c(C)c1. The minimum Gasteiger partial charge on any atom is -0.308 e. The van der Waals surface area contributed by atoms with Crippen LogP contribution in [0.5, 0.6) is 0 Å². The van der Waals surface area contributed by atoms with Crippen LogP contribution in [0.15, 0.2) is 127 Å². The maximum Gasteiger partial charge on any atom is 0.268 e. The van der Waals surface area contributed by atoms with Gasteiger partial charge >= 0.3 is 0 Å². The molecule has 216 valence electrons. The second-order valence-corrected chi connectivity index (χ2v) is 11.9. The van der Waals surface area contributed by atoms with E-state index in [4.69, 9.17) is 0 Å². The summed E-state index contributed by atoms with van der Waals surface area (Å²) in [5.74, 6) is -0.625. The molecule has 7 aromatic rings. The van der Waals surface area contributed by atoms with Crippen molar-refractivity contribution in [2.75, 3.05) is 4.90 Å². The molecule has 1 aliphatic rings. The Morgan fingerprint density at radius 1 is 0.511 bits per heavy atom. The Hall–Kier alpha value is -5.74. The van der Waals surface area contributed by atoms with Crippen molar-refractivity contribution in [2.24, 2.45) is 0 Å². The molecule has 0 saturated carbocycles. The minimum absolute atomic E-state index is 0.310. The average Bonchev–Trinajstić information content (AvgIpc) is 3.52. The molecule has 0 atom stereocenters. The smallest absolute Gasteiger partial charge is 0.268 e. The number of hydrogen-bond donors (Lipinski definition) is 0. The maximum atomic E-state index is 14.3. The number of fused-ring (bicyclic) bond motifs is 4. The fourth-order valence-corrected chi connectivity index (χ4v) is 7.20. The van der Waals surface area contributed by atoms with Crippen molar-refractivity contribution in [3.05, 3.63) is 155 Å². The summed E-state index contributed by atoms with van der Waals surface area (Å²) < 4.78 is 2.19. The fraction of sp³-hybridized carbons (Fsp3) is 0.0732. The third-order valence-corrected chi connectivity index (χ3v) is 9.01. The summed E-state index contributed by atoms with van der Waals surface area (Å²) in [5, 5.41) is 2.20. The number of aryl methyl sites for hydroxylation is 3. The lowest BCUT2D eigenvalue weighted by Crippen LogP contribution is -2.29. The molecule has 0 spiro atoms. The van der Waals surface area contributed by atoms with Gasteiger partial charge in [0.1, 0.15) is 0 Å². The lowest BCUT2D eigenvalue weighted by Gasteiger charge is -2.17. The van der Waals surface area contributed by atoms with E-state index in [0.29, 0.717) is 22.5 Å². The molecule has 1 aliphatic heterocycles. The molecule has 45 heavy (non-hydrogen) atoms. The second kappa shape index (κ2) is 10.2. The second-order valence-electron chi connectivity index (χ2n) is 11.9.